The van der Waals surface area contributed by atoms with Gasteiger partial charge in [-0.1, -0.05) is 0 Å². The number of halogens is 2. The highest BCUT2D eigenvalue weighted by Crippen LogP contribution is 2.24. The molecule has 0 saturated carbocycles. The molecular formula is C15H21Br2N5O. The predicted octanol–water partition coefficient (Wildman–Crippen LogP) is 3.46. The maximum atomic E-state index is 12.8. The van der Waals surface area contributed by atoms with Crippen molar-refractivity contribution in [3.05, 3.63) is 32.2 Å². The summed E-state index contributed by atoms with van der Waals surface area (Å²) in [6.07, 6.45) is 1.76. The fourth-order valence-corrected chi connectivity index (χ4v) is 3.25. The van der Waals surface area contributed by atoms with Crippen LogP contribution in [0.3, 0.4) is 0 Å². The summed E-state index contributed by atoms with van der Waals surface area (Å²) in [4.78, 5) is 14.5. The zero-order chi connectivity index (χ0) is 17.3. The normalized spacial score (nSPS) is 12.5. The first-order valence-electron chi connectivity index (χ1n) is 7.44. The summed E-state index contributed by atoms with van der Waals surface area (Å²) in [5, 5.41) is 8.74. The van der Waals surface area contributed by atoms with Crippen molar-refractivity contribution >= 4 is 37.8 Å². The minimum atomic E-state index is -0.359. The molecule has 0 aromatic carbocycles. The highest BCUT2D eigenvalue weighted by Gasteiger charge is 2.24. The predicted molar refractivity (Wildman–Crippen MR) is 96.2 cm³/mol. The van der Waals surface area contributed by atoms with E-state index in [2.05, 4.69) is 42.1 Å². The summed E-state index contributed by atoms with van der Waals surface area (Å²) in [6, 6.07) is -0.359. The summed E-state index contributed by atoms with van der Waals surface area (Å²) in [5.41, 5.74) is 2.83. The van der Waals surface area contributed by atoms with Crippen LogP contribution in [0.25, 0.3) is 0 Å². The third-order valence-corrected chi connectivity index (χ3v) is 5.73. The first kappa shape index (κ1) is 18.2. The Bertz CT molecular complexity index is 722. The Kier molecular flexibility index (Phi) is 5.67. The molecular weight excluding hydrogens is 426 g/mol. The van der Waals surface area contributed by atoms with Crippen LogP contribution in [0.15, 0.2) is 15.1 Å². The second kappa shape index (κ2) is 7.17. The Morgan fingerprint density at radius 1 is 1.39 bits per heavy atom. The third-order valence-electron chi connectivity index (χ3n) is 3.92. The average Bonchev–Trinajstić information content (AvgIpc) is 3.00. The van der Waals surface area contributed by atoms with Gasteiger partial charge in [0.2, 0.25) is 5.91 Å². The second-order valence-electron chi connectivity index (χ2n) is 5.55. The lowest BCUT2D eigenvalue weighted by Gasteiger charge is -2.23. The molecule has 2 aromatic heterocycles. The number of amides is 1. The van der Waals surface area contributed by atoms with Crippen LogP contribution in [0.5, 0.6) is 0 Å². The topological polar surface area (TPSA) is 56.0 Å². The number of rotatable bonds is 5. The van der Waals surface area contributed by atoms with Gasteiger partial charge in [0, 0.05) is 13.6 Å². The molecule has 0 N–H and O–H groups in total. The monoisotopic (exact) mass is 445 g/mol. The molecule has 23 heavy (non-hydrogen) atoms. The van der Waals surface area contributed by atoms with Crippen molar-refractivity contribution in [3.63, 3.8) is 0 Å². The highest BCUT2D eigenvalue weighted by atomic mass is 79.9. The number of likely N-dealkylation sites (N-methyl/N-ethyl adjacent to an activating group) is 1. The van der Waals surface area contributed by atoms with Crippen LogP contribution in [-0.4, -0.2) is 37.4 Å². The van der Waals surface area contributed by atoms with E-state index in [0.717, 1.165) is 32.6 Å². The first-order valence-corrected chi connectivity index (χ1v) is 9.02. The van der Waals surface area contributed by atoms with Gasteiger partial charge in [0.1, 0.15) is 6.04 Å². The van der Waals surface area contributed by atoms with Crippen LogP contribution in [0, 0.1) is 13.8 Å². The van der Waals surface area contributed by atoms with E-state index in [9.17, 15) is 4.79 Å². The van der Waals surface area contributed by atoms with Gasteiger partial charge in [-0.2, -0.15) is 10.2 Å². The van der Waals surface area contributed by atoms with E-state index in [4.69, 9.17) is 0 Å². The van der Waals surface area contributed by atoms with Crippen LogP contribution in [-0.2, 0) is 17.9 Å². The summed E-state index contributed by atoms with van der Waals surface area (Å²) >= 11 is 7.00. The van der Waals surface area contributed by atoms with Crippen LogP contribution >= 0.6 is 31.9 Å². The van der Waals surface area contributed by atoms with Crippen LogP contribution < -0.4 is 0 Å². The number of aromatic nitrogens is 4. The van der Waals surface area contributed by atoms with Gasteiger partial charge >= 0.3 is 0 Å². The fraction of sp³-hybridized carbons (Fsp3) is 0.533. The van der Waals surface area contributed by atoms with Gasteiger partial charge in [-0.25, -0.2) is 0 Å². The van der Waals surface area contributed by atoms with E-state index < -0.39 is 0 Å². The molecule has 0 bridgehead atoms. The van der Waals surface area contributed by atoms with Crippen molar-refractivity contribution in [1.29, 1.82) is 0 Å². The Balaban J connectivity index is 2.19. The lowest BCUT2D eigenvalue weighted by atomic mass is 10.2. The van der Waals surface area contributed by atoms with Gasteiger partial charge in [0.05, 0.1) is 38.8 Å². The van der Waals surface area contributed by atoms with Gasteiger partial charge in [-0.15, -0.1) is 0 Å². The molecule has 0 aliphatic heterocycles. The van der Waals surface area contributed by atoms with Crippen molar-refractivity contribution in [2.75, 3.05) is 7.05 Å². The lowest BCUT2D eigenvalue weighted by molar-refractivity contribution is -0.133. The molecule has 2 aromatic rings. The maximum Gasteiger partial charge on any atom is 0.247 e. The number of aryl methyl sites for hydroxylation is 2. The van der Waals surface area contributed by atoms with Gasteiger partial charge < -0.3 is 4.90 Å². The number of carbonyl (C=O) groups excluding carboxylic acids is 1. The first-order chi connectivity index (χ1) is 10.8. The number of carbonyl (C=O) groups is 1. The zero-order valence-corrected chi connectivity index (χ0v) is 17.1. The molecule has 1 atom stereocenters. The summed E-state index contributed by atoms with van der Waals surface area (Å²) in [6.45, 7) is 9.04. The van der Waals surface area contributed by atoms with Crippen LogP contribution in [0.2, 0.25) is 0 Å². The minimum Gasteiger partial charge on any atom is -0.338 e. The quantitative estimate of drug-likeness (QED) is 0.706. The van der Waals surface area contributed by atoms with Crippen molar-refractivity contribution < 1.29 is 4.79 Å². The van der Waals surface area contributed by atoms with Crippen LogP contribution in [0.4, 0.5) is 0 Å². The van der Waals surface area contributed by atoms with E-state index >= 15 is 0 Å². The molecule has 0 aliphatic rings. The molecule has 1 unspecified atom stereocenters. The molecule has 8 heteroatoms. The number of nitrogens with zero attached hydrogens (tertiary/aromatic N) is 5. The standard InChI is InChI=1S/C15H21Br2N5O/c1-6-21-13(12(16)7-18-21)8-20(5)15(23)11(4)22-10(3)14(17)9(2)19-22/h7,11H,6,8H2,1-5H3. The molecule has 126 valence electrons. The molecule has 0 fully saturated rings. The molecule has 6 nitrogen and oxygen atoms in total. The zero-order valence-electron chi connectivity index (χ0n) is 14.0. The van der Waals surface area contributed by atoms with E-state index in [1.807, 2.05) is 32.4 Å². The van der Waals surface area contributed by atoms with E-state index in [0.29, 0.717) is 6.54 Å². The molecule has 2 rings (SSSR count). The Hall–Kier alpha value is -1.15. The Labute approximate surface area is 153 Å². The van der Waals surface area contributed by atoms with E-state index in [1.165, 1.54) is 0 Å². The highest BCUT2D eigenvalue weighted by molar-refractivity contribution is 9.10. The van der Waals surface area contributed by atoms with Crippen molar-refractivity contribution in [3.8, 4) is 0 Å². The SMILES string of the molecule is CCn1ncc(Br)c1CN(C)C(=O)C(C)n1nc(C)c(Br)c1C. The molecule has 0 spiro atoms. The minimum absolute atomic E-state index is 0.0128. The van der Waals surface area contributed by atoms with Gasteiger partial charge in [0.15, 0.2) is 0 Å². The molecule has 0 aliphatic carbocycles. The third kappa shape index (κ3) is 3.52. The van der Waals surface area contributed by atoms with Crippen molar-refractivity contribution in [1.82, 2.24) is 24.5 Å². The smallest absolute Gasteiger partial charge is 0.247 e. The second-order valence-corrected chi connectivity index (χ2v) is 7.20. The van der Waals surface area contributed by atoms with Crippen molar-refractivity contribution in [2.45, 2.75) is 46.8 Å². The Morgan fingerprint density at radius 2 is 2.04 bits per heavy atom. The van der Waals surface area contributed by atoms with Gasteiger partial charge in [-0.05, 0) is 59.6 Å². The Morgan fingerprint density at radius 3 is 2.57 bits per heavy atom. The molecule has 2 heterocycles. The fourth-order valence-electron chi connectivity index (χ4n) is 2.56. The largest absolute Gasteiger partial charge is 0.338 e. The van der Waals surface area contributed by atoms with Crippen molar-refractivity contribution in [2.24, 2.45) is 0 Å². The average molecular weight is 447 g/mol. The van der Waals surface area contributed by atoms with E-state index in [1.54, 1.807) is 22.8 Å². The molecule has 1 amide bonds. The molecule has 0 saturated heterocycles. The van der Waals surface area contributed by atoms with Gasteiger partial charge in [-0.3, -0.25) is 14.2 Å². The van der Waals surface area contributed by atoms with E-state index in [-0.39, 0.29) is 11.9 Å². The molecule has 0 radical (unpaired) electrons. The maximum absolute atomic E-state index is 12.8. The van der Waals surface area contributed by atoms with Gasteiger partial charge in [0.25, 0.3) is 0 Å². The summed E-state index contributed by atoms with van der Waals surface area (Å²) in [7, 11) is 1.80. The summed E-state index contributed by atoms with van der Waals surface area (Å²) in [5.74, 6) is 0.0128. The van der Waals surface area contributed by atoms with Crippen LogP contribution in [0.1, 0.15) is 37.0 Å². The number of hydrogen-bond acceptors (Lipinski definition) is 3. The number of hydrogen-bond donors (Lipinski definition) is 0. The lowest BCUT2D eigenvalue weighted by Crippen LogP contribution is -2.34. The summed E-state index contributed by atoms with van der Waals surface area (Å²) < 4.78 is 5.52.